The van der Waals surface area contributed by atoms with Gasteiger partial charge in [-0.05, 0) is 112 Å². The second-order valence-electron chi connectivity index (χ2n) is 16.7. The van der Waals surface area contributed by atoms with Crippen molar-refractivity contribution in [2.24, 2.45) is 0 Å². The van der Waals surface area contributed by atoms with Crippen LogP contribution in [0, 0.1) is 0 Å². The van der Waals surface area contributed by atoms with Crippen molar-refractivity contribution in [3.05, 3.63) is 84.2 Å². The van der Waals surface area contributed by atoms with Crippen LogP contribution < -0.4 is 14.8 Å². The molecule has 0 aliphatic carbocycles. The fourth-order valence-corrected chi connectivity index (χ4v) is 9.15. The van der Waals surface area contributed by atoms with E-state index in [1.54, 1.807) is 6.20 Å². The Morgan fingerprint density at radius 3 is 1.57 bits per heavy atom. The molecule has 1 N–H and O–H groups in total. The van der Waals surface area contributed by atoms with Gasteiger partial charge in [0.1, 0.15) is 11.5 Å². The predicted octanol–water partition coefficient (Wildman–Crippen LogP) is 6.27. The summed E-state index contributed by atoms with van der Waals surface area (Å²) >= 11 is 0. The number of anilines is 1. The fourth-order valence-electron chi connectivity index (χ4n) is 9.15. The number of ether oxygens (including phenoxy) is 6. The van der Waals surface area contributed by atoms with E-state index in [0.717, 1.165) is 174 Å². The third-order valence-electron chi connectivity index (χ3n) is 12.8. The normalized spacial score (nSPS) is 21.4. The molecule has 5 saturated heterocycles. The zero-order valence-corrected chi connectivity index (χ0v) is 35.0. The number of benzene rings is 2. The molecule has 0 saturated carbocycles. The van der Waals surface area contributed by atoms with Gasteiger partial charge >= 0.3 is 0 Å². The van der Waals surface area contributed by atoms with Crippen molar-refractivity contribution in [1.82, 2.24) is 19.7 Å². The SMILES string of the molecule is c1cc(C2(CN3CCOCC3)CCOCC2)ccc1OCCCN1CCOCC1.c1cncc(NCC2(c3ccc(OCCCN4CCCC4)cc3)CCOCC2)c1. The number of morpholine rings is 2. The van der Waals surface area contributed by atoms with Gasteiger partial charge in [0.25, 0.3) is 0 Å². The van der Waals surface area contributed by atoms with E-state index in [2.05, 4.69) is 79.6 Å². The lowest BCUT2D eigenvalue weighted by Gasteiger charge is -2.42. The number of likely N-dealkylation sites (tertiary alicyclic amines) is 1. The molecular weight excluding hydrogens is 731 g/mol. The van der Waals surface area contributed by atoms with Gasteiger partial charge in [0.2, 0.25) is 0 Å². The molecule has 5 aliphatic heterocycles. The first-order chi connectivity index (χ1) is 28.7. The van der Waals surface area contributed by atoms with Crippen molar-refractivity contribution < 1.29 is 28.4 Å². The van der Waals surface area contributed by atoms with Crippen LogP contribution in [0.15, 0.2) is 73.1 Å². The van der Waals surface area contributed by atoms with E-state index in [4.69, 9.17) is 28.4 Å². The molecule has 0 unspecified atom stereocenters. The quantitative estimate of drug-likeness (QED) is 0.157. The van der Waals surface area contributed by atoms with Crippen molar-refractivity contribution in [3.8, 4) is 11.5 Å². The van der Waals surface area contributed by atoms with Gasteiger partial charge in [0.15, 0.2) is 0 Å². The first-order valence-electron chi connectivity index (χ1n) is 22.3. The van der Waals surface area contributed by atoms with Gasteiger partial charge in [-0.15, -0.1) is 0 Å². The number of hydrogen-bond donors (Lipinski definition) is 1. The number of rotatable bonds is 17. The maximum absolute atomic E-state index is 6.01. The van der Waals surface area contributed by atoms with Crippen LogP contribution in [0.5, 0.6) is 11.5 Å². The monoisotopic (exact) mass is 800 g/mol. The molecule has 2 aromatic carbocycles. The second kappa shape index (κ2) is 22.9. The van der Waals surface area contributed by atoms with Gasteiger partial charge in [-0.2, -0.15) is 0 Å². The summed E-state index contributed by atoms with van der Waals surface area (Å²) in [4.78, 5) is 11.8. The number of nitrogens with zero attached hydrogens (tertiary/aromatic N) is 4. The molecule has 11 heteroatoms. The minimum Gasteiger partial charge on any atom is -0.494 e. The highest BCUT2D eigenvalue weighted by atomic mass is 16.5. The van der Waals surface area contributed by atoms with E-state index in [9.17, 15) is 0 Å². The van der Waals surface area contributed by atoms with Crippen LogP contribution in [0.25, 0.3) is 0 Å². The average molecular weight is 800 g/mol. The van der Waals surface area contributed by atoms with Crippen molar-refractivity contribution in [1.29, 1.82) is 0 Å². The Balaban J connectivity index is 0.000000177. The molecule has 0 spiro atoms. The molecular formula is C47H69N5O6. The van der Waals surface area contributed by atoms with Gasteiger partial charge in [0, 0.05) is 102 Å². The minimum atomic E-state index is 0.0857. The van der Waals surface area contributed by atoms with Crippen molar-refractivity contribution in [2.45, 2.75) is 62.2 Å². The largest absolute Gasteiger partial charge is 0.494 e. The van der Waals surface area contributed by atoms with Crippen LogP contribution >= 0.6 is 0 Å². The first kappa shape index (κ1) is 42.8. The number of pyridine rings is 1. The Morgan fingerprint density at radius 2 is 1.03 bits per heavy atom. The summed E-state index contributed by atoms with van der Waals surface area (Å²) in [6.07, 6.45) is 12.8. The molecule has 8 rings (SSSR count). The summed E-state index contributed by atoms with van der Waals surface area (Å²) < 4.78 is 34.3. The lowest BCUT2D eigenvalue weighted by molar-refractivity contribution is -0.00120. The van der Waals surface area contributed by atoms with Crippen molar-refractivity contribution in [3.63, 3.8) is 0 Å². The van der Waals surface area contributed by atoms with Crippen molar-refractivity contribution in [2.75, 3.05) is 137 Å². The van der Waals surface area contributed by atoms with E-state index in [0.29, 0.717) is 0 Å². The highest BCUT2D eigenvalue weighted by Crippen LogP contribution is 2.38. The molecule has 3 aromatic rings. The molecule has 5 fully saturated rings. The number of nitrogens with one attached hydrogen (secondary N) is 1. The molecule has 318 valence electrons. The predicted molar refractivity (Wildman–Crippen MR) is 229 cm³/mol. The molecule has 1 aromatic heterocycles. The minimum absolute atomic E-state index is 0.0857. The summed E-state index contributed by atoms with van der Waals surface area (Å²) in [6.45, 7) is 19.2. The third kappa shape index (κ3) is 12.9. The van der Waals surface area contributed by atoms with Crippen LogP contribution in [0.3, 0.4) is 0 Å². The van der Waals surface area contributed by atoms with Crippen molar-refractivity contribution >= 4 is 5.69 Å². The maximum Gasteiger partial charge on any atom is 0.119 e. The van der Waals surface area contributed by atoms with Crippen LogP contribution in [0.4, 0.5) is 5.69 Å². The standard InChI is InChI=1S/C24H33N3O2.C23H36N2O4/c1-2-14-27(13-1)15-4-16-29-23-8-6-21(7-9-23)24(10-17-28-18-11-24)20-26-22-5-3-12-25-19-22;1(8-24-9-16-27-17-10-24)13-29-22-4-2-21(3-5-22)23(6-14-26-15-7-23)20-25-11-18-28-19-12-25/h3,5-9,12,19,26H,1-2,4,10-11,13-18,20H2;2-5H,1,6-20H2. The molecule has 58 heavy (non-hydrogen) atoms. The van der Waals surface area contributed by atoms with Gasteiger partial charge in [0.05, 0.1) is 45.3 Å². The Hall–Kier alpha value is -3.29. The Kier molecular flexibility index (Phi) is 16.9. The maximum atomic E-state index is 6.01. The highest BCUT2D eigenvalue weighted by Gasteiger charge is 2.37. The molecule has 5 aliphatic rings. The summed E-state index contributed by atoms with van der Waals surface area (Å²) in [5.41, 5.74) is 4.12. The van der Waals surface area contributed by atoms with Crippen LogP contribution in [0.1, 0.15) is 62.5 Å². The molecule has 6 heterocycles. The second-order valence-corrected chi connectivity index (χ2v) is 16.7. The smallest absolute Gasteiger partial charge is 0.119 e. The van der Waals surface area contributed by atoms with Gasteiger partial charge in [-0.25, -0.2) is 0 Å². The number of aromatic nitrogens is 1. The molecule has 0 amide bonds. The summed E-state index contributed by atoms with van der Waals surface area (Å²) in [7, 11) is 0. The number of hydrogen-bond acceptors (Lipinski definition) is 11. The summed E-state index contributed by atoms with van der Waals surface area (Å²) in [5, 5.41) is 3.58. The van der Waals surface area contributed by atoms with E-state index in [1.165, 1.54) is 37.1 Å². The molecule has 11 nitrogen and oxygen atoms in total. The van der Waals surface area contributed by atoms with E-state index in [-0.39, 0.29) is 10.8 Å². The highest BCUT2D eigenvalue weighted by molar-refractivity contribution is 5.42. The zero-order valence-electron chi connectivity index (χ0n) is 35.0. The Labute approximate surface area is 347 Å². The van der Waals surface area contributed by atoms with Crippen LogP contribution in [-0.4, -0.2) is 151 Å². The zero-order chi connectivity index (χ0) is 39.6. The Bertz CT molecular complexity index is 1550. The topological polar surface area (TPSA) is 90.0 Å². The fraction of sp³-hybridized carbons (Fsp3) is 0.638. The Morgan fingerprint density at radius 1 is 0.552 bits per heavy atom. The van der Waals surface area contributed by atoms with Gasteiger partial charge in [-0.1, -0.05) is 24.3 Å². The van der Waals surface area contributed by atoms with Gasteiger partial charge < -0.3 is 38.6 Å². The average Bonchev–Trinajstić information content (AvgIpc) is 3.82. The molecule has 0 radical (unpaired) electrons. The lowest BCUT2D eigenvalue weighted by atomic mass is 9.73. The summed E-state index contributed by atoms with van der Waals surface area (Å²) in [6, 6.07) is 21.7. The molecule has 0 bridgehead atoms. The van der Waals surface area contributed by atoms with E-state index < -0.39 is 0 Å². The van der Waals surface area contributed by atoms with Gasteiger partial charge in [-0.3, -0.25) is 14.8 Å². The first-order valence-corrected chi connectivity index (χ1v) is 22.3. The van der Waals surface area contributed by atoms with Crippen LogP contribution in [-0.2, 0) is 29.8 Å². The summed E-state index contributed by atoms with van der Waals surface area (Å²) in [5.74, 6) is 1.95. The van der Waals surface area contributed by atoms with E-state index in [1.807, 2.05) is 12.3 Å². The third-order valence-corrected chi connectivity index (χ3v) is 12.8. The van der Waals surface area contributed by atoms with Crippen LogP contribution in [0.2, 0.25) is 0 Å². The van der Waals surface area contributed by atoms with E-state index >= 15 is 0 Å². The molecule has 0 atom stereocenters. The lowest BCUT2D eigenvalue weighted by Crippen LogP contribution is -2.48.